The molecule has 0 aliphatic carbocycles. The lowest BCUT2D eigenvalue weighted by Gasteiger charge is -2.10. The van der Waals surface area contributed by atoms with E-state index in [0.29, 0.717) is 21.3 Å². The number of nitrogens with zero attached hydrogens (tertiary/aromatic N) is 3. The van der Waals surface area contributed by atoms with Gasteiger partial charge in [-0.05, 0) is 43.2 Å². The van der Waals surface area contributed by atoms with Gasteiger partial charge in [0, 0.05) is 29.2 Å². The van der Waals surface area contributed by atoms with Crippen molar-refractivity contribution in [2.24, 2.45) is 0 Å². The molecule has 1 amide bonds. The fraction of sp³-hybridized carbons (Fsp3) is 0.250. The molecule has 0 atom stereocenters. The van der Waals surface area contributed by atoms with E-state index in [4.69, 9.17) is 23.2 Å². The van der Waals surface area contributed by atoms with E-state index in [-0.39, 0.29) is 5.91 Å². The Labute approximate surface area is 167 Å². The highest BCUT2D eigenvalue weighted by atomic mass is 35.5. The number of carbonyl (C=O) groups is 1. The molecular weight excluding hydrogens is 383 g/mol. The van der Waals surface area contributed by atoms with Crippen LogP contribution in [-0.4, -0.2) is 20.7 Å². The normalized spacial score (nSPS) is 13.7. The van der Waals surface area contributed by atoms with Gasteiger partial charge in [0.05, 0.1) is 10.6 Å². The zero-order valence-electron chi connectivity index (χ0n) is 14.6. The van der Waals surface area contributed by atoms with Gasteiger partial charge >= 0.3 is 0 Å². The minimum Gasteiger partial charge on any atom is -0.322 e. The first kappa shape index (κ1) is 18.0. The van der Waals surface area contributed by atoms with Gasteiger partial charge in [-0.3, -0.25) is 4.79 Å². The number of aromatic nitrogens is 3. The van der Waals surface area contributed by atoms with Crippen molar-refractivity contribution in [1.29, 1.82) is 0 Å². The average molecular weight is 401 g/mol. The fourth-order valence-corrected chi connectivity index (χ4v) is 3.68. The predicted octanol–water partition coefficient (Wildman–Crippen LogP) is 5.23. The summed E-state index contributed by atoms with van der Waals surface area (Å²) in [4.78, 5) is 12.6. The Kier molecular flexibility index (Phi) is 5.14. The van der Waals surface area contributed by atoms with Gasteiger partial charge in [-0.15, -0.1) is 10.2 Å². The second-order valence-corrected chi connectivity index (χ2v) is 7.40. The van der Waals surface area contributed by atoms with E-state index in [2.05, 4.69) is 20.1 Å². The molecule has 138 valence electrons. The lowest BCUT2D eigenvalue weighted by Crippen LogP contribution is -2.12. The van der Waals surface area contributed by atoms with Gasteiger partial charge in [0.1, 0.15) is 5.82 Å². The van der Waals surface area contributed by atoms with Gasteiger partial charge in [-0.25, -0.2) is 0 Å². The van der Waals surface area contributed by atoms with Gasteiger partial charge < -0.3 is 9.88 Å². The van der Waals surface area contributed by atoms with E-state index in [1.54, 1.807) is 18.2 Å². The van der Waals surface area contributed by atoms with Gasteiger partial charge in [-0.1, -0.05) is 41.8 Å². The number of nitrogens with one attached hydrogen (secondary N) is 1. The van der Waals surface area contributed by atoms with Gasteiger partial charge in [0.15, 0.2) is 5.82 Å². The van der Waals surface area contributed by atoms with E-state index in [9.17, 15) is 4.79 Å². The van der Waals surface area contributed by atoms with Crippen LogP contribution in [0.3, 0.4) is 0 Å². The number of hydrogen-bond acceptors (Lipinski definition) is 3. The standard InChI is InChI=1S/C20H18Cl2N4O/c21-14-8-9-17(22)16(12-14)20(27)23-15-6-4-5-13(11-15)19-25-24-18-7-2-1-3-10-26(18)19/h4-6,8-9,11-12H,1-3,7,10H2,(H,23,27). The molecule has 0 spiro atoms. The summed E-state index contributed by atoms with van der Waals surface area (Å²) in [6.45, 7) is 0.923. The number of halogens is 2. The molecule has 2 aromatic carbocycles. The largest absolute Gasteiger partial charge is 0.322 e. The number of amides is 1. The van der Waals surface area contributed by atoms with Crippen LogP contribution in [0.5, 0.6) is 0 Å². The molecule has 0 radical (unpaired) electrons. The number of fused-ring (bicyclic) bond motifs is 1. The number of benzene rings is 2. The third kappa shape index (κ3) is 3.84. The predicted molar refractivity (Wildman–Crippen MR) is 107 cm³/mol. The summed E-state index contributed by atoms with van der Waals surface area (Å²) in [5.74, 6) is 1.56. The highest BCUT2D eigenvalue weighted by Gasteiger charge is 2.17. The SMILES string of the molecule is O=C(Nc1cccc(-c2nnc3n2CCCCC3)c1)c1cc(Cl)ccc1Cl. The number of rotatable bonds is 3. The summed E-state index contributed by atoms with van der Waals surface area (Å²) in [6.07, 6.45) is 4.44. The summed E-state index contributed by atoms with van der Waals surface area (Å²) < 4.78 is 2.18. The smallest absolute Gasteiger partial charge is 0.257 e. The molecule has 0 fully saturated rings. The lowest BCUT2D eigenvalue weighted by atomic mass is 10.1. The topological polar surface area (TPSA) is 59.8 Å². The molecule has 1 N–H and O–H groups in total. The summed E-state index contributed by atoms with van der Waals surface area (Å²) in [6, 6.07) is 12.4. The second kappa shape index (κ2) is 7.71. The number of anilines is 1. The summed E-state index contributed by atoms with van der Waals surface area (Å²) in [7, 11) is 0. The number of carbonyl (C=O) groups excluding carboxylic acids is 1. The van der Waals surface area contributed by atoms with Gasteiger partial charge in [0.25, 0.3) is 5.91 Å². The second-order valence-electron chi connectivity index (χ2n) is 6.56. The third-order valence-corrected chi connectivity index (χ3v) is 5.23. The van der Waals surface area contributed by atoms with Crippen LogP contribution in [0.4, 0.5) is 5.69 Å². The Hall–Kier alpha value is -2.37. The monoisotopic (exact) mass is 400 g/mol. The Morgan fingerprint density at radius 3 is 2.81 bits per heavy atom. The maximum absolute atomic E-state index is 12.6. The van der Waals surface area contributed by atoms with Crippen molar-refractivity contribution in [3.63, 3.8) is 0 Å². The summed E-state index contributed by atoms with van der Waals surface area (Å²) >= 11 is 12.1. The summed E-state index contributed by atoms with van der Waals surface area (Å²) in [5, 5.41) is 12.4. The third-order valence-electron chi connectivity index (χ3n) is 4.66. The molecule has 1 aliphatic rings. The number of hydrogen-bond donors (Lipinski definition) is 1. The molecule has 4 rings (SSSR count). The highest BCUT2D eigenvalue weighted by molar-refractivity contribution is 6.36. The first-order valence-electron chi connectivity index (χ1n) is 8.91. The maximum atomic E-state index is 12.6. The van der Waals surface area contributed by atoms with Crippen LogP contribution in [0, 0.1) is 0 Å². The van der Waals surface area contributed by atoms with E-state index in [1.165, 1.54) is 6.42 Å². The zero-order valence-corrected chi connectivity index (χ0v) is 16.1. The first-order chi connectivity index (χ1) is 13.1. The lowest BCUT2D eigenvalue weighted by molar-refractivity contribution is 0.102. The van der Waals surface area contributed by atoms with Crippen LogP contribution in [0.1, 0.15) is 35.4 Å². The van der Waals surface area contributed by atoms with E-state index >= 15 is 0 Å². The number of aryl methyl sites for hydroxylation is 1. The minimum atomic E-state index is -0.306. The van der Waals surface area contributed by atoms with Crippen molar-refractivity contribution in [2.75, 3.05) is 5.32 Å². The van der Waals surface area contributed by atoms with Crippen molar-refractivity contribution in [2.45, 2.75) is 32.2 Å². The Bertz CT molecular complexity index is 999. The van der Waals surface area contributed by atoms with Crippen molar-refractivity contribution in [1.82, 2.24) is 14.8 Å². The molecule has 1 aliphatic heterocycles. The zero-order chi connectivity index (χ0) is 18.8. The quantitative estimate of drug-likeness (QED) is 0.654. The maximum Gasteiger partial charge on any atom is 0.257 e. The molecule has 1 aromatic heterocycles. The van der Waals surface area contributed by atoms with E-state index in [1.807, 2.05) is 24.3 Å². The Morgan fingerprint density at radius 2 is 1.93 bits per heavy atom. The van der Waals surface area contributed by atoms with Gasteiger partial charge in [0.2, 0.25) is 0 Å². The highest BCUT2D eigenvalue weighted by Crippen LogP contribution is 2.26. The molecule has 0 saturated heterocycles. The van der Waals surface area contributed by atoms with Gasteiger partial charge in [-0.2, -0.15) is 0 Å². The average Bonchev–Trinajstić information content (AvgIpc) is 2.92. The van der Waals surface area contributed by atoms with Crippen molar-refractivity contribution in [3.8, 4) is 11.4 Å². The Morgan fingerprint density at radius 1 is 1.04 bits per heavy atom. The molecule has 0 bridgehead atoms. The van der Waals surface area contributed by atoms with Crippen molar-refractivity contribution >= 4 is 34.8 Å². The van der Waals surface area contributed by atoms with Crippen molar-refractivity contribution < 1.29 is 4.79 Å². The van der Waals surface area contributed by atoms with Crippen LogP contribution < -0.4 is 5.32 Å². The van der Waals surface area contributed by atoms with Crippen LogP contribution in [-0.2, 0) is 13.0 Å². The van der Waals surface area contributed by atoms with Crippen LogP contribution in [0.15, 0.2) is 42.5 Å². The van der Waals surface area contributed by atoms with Crippen LogP contribution in [0.25, 0.3) is 11.4 Å². The fourth-order valence-electron chi connectivity index (χ4n) is 3.30. The van der Waals surface area contributed by atoms with Crippen LogP contribution in [0.2, 0.25) is 10.0 Å². The molecule has 3 aromatic rings. The molecule has 7 heteroatoms. The molecule has 27 heavy (non-hydrogen) atoms. The van der Waals surface area contributed by atoms with E-state index < -0.39 is 0 Å². The molecular formula is C20H18Cl2N4O. The molecule has 0 saturated carbocycles. The minimum absolute atomic E-state index is 0.306. The molecule has 5 nitrogen and oxygen atoms in total. The summed E-state index contributed by atoms with van der Waals surface area (Å²) in [5.41, 5.74) is 1.93. The molecule has 2 heterocycles. The first-order valence-corrected chi connectivity index (χ1v) is 9.66. The molecule has 0 unspecified atom stereocenters. The van der Waals surface area contributed by atoms with Crippen LogP contribution >= 0.6 is 23.2 Å². The Balaban J connectivity index is 1.61. The van der Waals surface area contributed by atoms with Crippen molar-refractivity contribution in [3.05, 3.63) is 63.9 Å². The van der Waals surface area contributed by atoms with E-state index in [0.717, 1.165) is 43.0 Å².